The van der Waals surface area contributed by atoms with Gasteiger partial charge in [-0.2, -0.15) is 0 Å². The maximum atomic E-state index is 12.5. The summed E-state index contributed by atoms with van der Waals surface area (Å²) < 4.78 is 5.20. The normalized spacial score (nSPS) is 9.83. The predicted molar refractivity (Wildman–Crippen MR) is 75.6 cm³/mol. The molecule has 90 valence electrons. The van der Waals surface area contributed by atoms with E-state index in [0.717, 1.165) is 5.56 Å². The van der Waals surface area contributed by atoms with Crippen molar-refractivity contribution in [3.05, 3.63) is 65.2 Å². The molecule has 0 radical (unpaired) electrons. The Hall–Kier alpha value is -2.00. The Morgan fingerprint density at radius 1 is 1.06 bits per heavy atom. The smallest absolute Gasteiger partial charge is 0.197 e. The molecule has 0 amide bonds. The lowest BCUT2D eigenvalue weighted by molar-refractivity contribution is 0.103. The third-order valence-electron chi connectivity index (χ3n) is 2.68. The van der Waals surface area contributed by atoms with Crippen LogP contribution in [0, 0.1) is 0 Å². The second kappa shape index (κ2) is 5.56. The van der Waals surface area contributed by atoms with E-state index in [4.69, 9.17) is 17.0 Å². The van der Waals surface area contributed by atoms with Crippen molar-refractivity contribution in [1.82, 2.24) is 0 Å². The zero-order valence-electron chi connectivity index (χ0n) is 9.92. The SMILES string of the molecule is COc1ccccc1C(=O)c1ccccc1C=S. The third-order valence-corrected chi connectivity index (χ3v) is 2.94. The van der Waals surface area contributed by atoms with E-state index < -0.39 is 0 Å². The summed E-state index contributed by atoms with van der Waals surface area (Å²) >= 11 is 4.93. The standard InChI is InChI=1S/C15H12O2S/c1-17-14-9-5-4-8-13(14)15(16)12-7-3-2-6-11(12)10-18/h2-10H,1H3. The molecule has 0 bridgehead atoms. The van der Waals surface area contributed by atoms with E-state index in [1.54, 1.807) is 25.3 Å². The van der Waals surface area contributed by atoms with Gasteiger partial charge in [0.1, 0.15) is 5.75 Å². The molecule has 0 atom stereocenters. The molecule has 0 unspecified atom stereocenters. The van der Waals surface area contributed by atoms with E-state index in [9.17, 15) is 4.79 Å². The van der Waals surface area contributed by atoms with E-state index in [2.05, 4.69) is 0 Å². The van der Waals surface area contributed by atoms with Gasteiger partial charge in [-0.05, 0) is 17.7 Å². The van der Waals surface area contributed by atoms with Crippen LogP contribution in [0.2, 0.25) is 0 Å². The topological polar surface area (TPSA) is 26.3 Å². The molecule has 0 aromatic heterocycles. The zero-order valence-corrected chi connectivity index (χ0v) is 10.7. The molecule has 0 aliphatic rings. The Kier molecular flexibility index (Phi) is 3.85. The lowest BCUT2D eigenvalue weighted by Gasteiger charge is -2.08. The van der Waals surface area contributed by atoms with Gasteiger partial charge < -0.3 is 4.74 Å². The summed E-state index contributed by atoms with van der Waals surface area (Å²) in [4.78, 5) is 12.5. The summed E-state index contributed by atoms with van der Waals surface area (Å²) in [5.41, 5.74) is 1.89. The van der Waals surface area contributed by atoms with E-state index in [1.165, 1.54) is 5.37 Å². The predicted octanol–water partition coefficient (Wildman–Crippen LogP) is 3.27. The van der Waals surface area contributed by atoms with Crippen molar-refractivity contribution in [1.29, 1.82) is 0 Å². The largest absolute Gasteiger partial charge is 0.496 e. The maximum Gasteiger partial charge on any atom is 0.197 e. The lowest BCUT2D eigenvalue weighted by atomic mass is 9.98. The van der Waals surface area contributed by atoms with Crippen molar-refractivity contribution in [3.8, 4) is 5.75 Å². The Bertz CT molecular complexity index is 591. The van der Waals surface area contributed by atoms with Crippen LogP contribution in [0.4, 0.5) is 0 Å². The van der Waals surface area contributed by atoms with Crippen molar-refractivity contribution in [2.24, 2.45) is 0 Å². The van der Waals surface area contributed by atoms with Crippen molar-refractivity contribution in [2.75, 3.05) is 7.11 Å². The molecule has 0 heterocycles. The highest BCUT2D eigenvalue weighted by atomic mass is 32.1. The first-order valence-electron chi connectivity index (χ1n) is 5.50. The monoisotopic (exact) mass is 256 g/mol. The number of ether oxygens (including phenoxy) is 1. The van der Waals surface area contributed by atoms with Gasteiger partial charge in [-0.1, -0.05) is 48.6 Å². The van der Waals surface area contributed by atoms with Crippen LogP contribution in [-0.4, -0.2) is 18.3 Å². The van der Waals surface area contributed by atoms with Crippen LogP contribution < -0.4 is 4.74 Å². The average Bonchev–Trinajstić information content (AvgIpc) is 2.46. The summed E-state index contributed by atoms with van der Waals surface area (Å²) in [6.07, 6.45) is 0. The molecule has 18 heavy (non-hydrogen) atoms. The highest BCUT2D eigenvalue weighted by Gasteiger charge is 2.15. The summed E-state index contributed by atoms with van der Waals surface area (Å²) in [6.45, 7) is 0. The van der Waals surface area contributed by atoms with E-state index in [-0.39, 0.29) is 5.78 Å². The van der Waals surface area contributed by atoms with Crippen LogP contribution in [0.5, 0.6) is 5.75 Å². The quantitative estimate of drug-likeness (QED) is 0.620. The molecule has 0 aliphatic heterocycles. The van der Waals surface area contributed by atoms with Gasteiger partial charge in [0.25, 0.3) is 0 Å². The molecule has 2 aromatic rings. The minimum Gasteiger partial charge on any atom is -0.496 e. The molecule has 2 aromatic carbocycles. The van der Waals surface area contributed by atoms with E-state index in [0.29, 0.717) is 16.9 Å². The van der Waals surface area contributed by atoms with E-state index in [1.807, 2.05) is 30.3 Å². The van der Waals surface area contributed by atoms with Crippen LogP contribution in [0.1, 0.15) is 21.5 Å². The average molecular weight is 256 g/mol. The number of hydrogen-bond acceptors (Lipinski definition) is 3. The van der Waals surface area contributed by atoms with Crippen molar-refractivity contribution in [3.63, 3.8) is 0 Å². The maximum absolute atomic E-state index is 12.5. The molecular weight excluding hydrogens is 244 g/mol. The Balaban J connectivity index is 2.51. The van der Waals surface area contributed by atoms with Gasteiger partial charge in [-0.3, -0.25) is 4.79 Å². The van der Waals surface area contributed by atoms with Gasteiger partial charge in [0, 0.05) is 10.9 Å². The Morgan fingerprint density at radius 3 is 2.33 bits per heavy atom. The number of carbonyl (C=O) groups excluding carboxylic acids is 1. The van der Waals surface area contributed by atoms with Crippen LogP contribution in [-0.2, 0) is 0 Å². The molecule has 0 aliphatic carbocycles. The number of carbonyl (C=O) groups is 1. The third kappa shape index (κ3) is 2.31. The minimum atomic E-state index is -0.0795. The molecule has 0 saturated heterocycles. The first kappa shape index (κ1) is 12.5. The second-order valence-corrected chi connectivity index (χ2v) is 3.97. The first-order valence-corrected chi connectivity index (χ1v) is 5.97. The van der Waals surface area contributed by atoms with E-state index >= 15 is 0 Å². The van der Waals surface area contributed by atoms with Gasteiger partial charge in [-0.25, -0.2) is 0 Å². The number of benzene rings is 2. The fourth-order valence-corrected chi connectivity index (χ4v) is 1.99. The molecule has 0 N–H and O–H groups in total. The number of ketones is 1. The summed E-state index contributed by atoms with van der Waals surface area (Å²) in [7, 11) is 1.55. The van der Waals surface area contributed by atoms with Gasteiger partial charge in [0.15, 0.2) is 5.78 Å². The fourth-order valence-electron chi connectivity index (χ4n) is 1.78. The Labute approximate surface area is 111 Å². The number of methoxy groups -OCH3 is 1. The van der Waals surface area contributed by atoms with Crippen LogP contribution in [0.25, 0.3) is 0 Å². The fraction of sp³-hybridized carbons (Fsp3) is 0.0667. The molecule has 3 heteroatoms. The molecule has 0 saturated carbocycles. The van der Waals surface area contributed by atoms with Gasteiger partial charge in [0.2, 0.25) is 0 Å². The van der Waals surface area contributed by atoms with Crippen LogP contribution in [0.3, 0.4) is 0 Å². The number of hydrogen-bond donors (Lipinski definition) is 0. The second-order valence-electron chi connectivity index (χ2n) is 3.73. The molecule has 2 nitrogen and oxygen atoms in total. The number of para-hydroxylation sites is 1. The molecule has 2 rings (SSSR count). The summed E-state index contributed by atoms with van der Waals surface area (Å²) in [6, 6.07) is 14.5. The zero-order chi connectivity index (χ0) is 13.0. The van der Waals surface area contributed by atoms with Crippen LogP contribution in [0.15, 0.2) is 48.5 Å². The Morgan fingerprint density at radius 2 is 1.67 bits per heavy atom. The first-order chi connectivity index (χ1) is 8.77. The lowest BCUT2D eigenvalue weighted by Crippen LogP contribution is -2.06. The molecular formula is C15H12O2S. The summed E-state index contributed by atoms with van der Waals surface area (Å²) in [5, 5.41) is 1.52. The van der Waals surface area contributed by atoms with Crippen molar-refractivity contribution in [2.45, 2.75) is 0 Å². The number of thiocarbonyl (C=S) groups is 1. The van der Waals surface area contributed by atoms with Gasteiger partial charge in [0.05, 0.1) is 12.7 Å². The molecule has 0 spiro atoms. The van der Waals surface area contributed by atoms with Crippen molar-refractivity contribution < 1.29 is 9.53 Å². The number of rotatable bonds is 4. The van der Waals surface area contributed by atoms with Gasteiger partial charge >= 0.3 is 0 Å². The highest BCUT2D eigenvalue weighted by Crippen LogP contribution is 2.22. The van der Waals surface area contributed by atoms with Crippen LogP contribution >= 0.6 is 12.2 Å². The summed E-state index contributed by atoms with van der Waals surface area (Å²) in [5.74, 6) is 0.492. The van der Waals surface area contributed by atoms with Gasteiger partial charge in [-0.15, -0.1) is 0 Å². The highest BCUT2D eigenvalue weighted by molar-refractivity contribution is 7.79. The minimum absolute atomic E-state index is 0.0795. The molecule has 0 fully saturated rings. The van der Waals surface area contributed by atoms with Crippen molar-refractivity contribution >= 4 is 23.4 Å².